The molecule has 1 aromatic carbocycles. The molecule has 74 valence electrons. The Balaban J connectivity index is 2.09. The first-order chi connectivity index (χ1) is 6.77. The lowest BCUT2D eigenvalue weighted by molar-refractivity contribution is -0.119. The summed E-state index contributed by atoms with van der Waals surface area (Å²) in [6.07, 6.45) is 1.43. The third kappa shape index (κ3) is 1.90. The molecule has 0 radical (unpaired) electrons. The first-order valence-corrected chi connectivity index (χ1v) is 5.19. The summed E-state index contributed by atoms with van der Waals surface area (Å²) in [5.74, 6) is 0.108. The third-order valence-electron chi connectivity index (χ3n) is 2.50. The molecule has 0 spiro atoms. The number of hydrogen-bond acceptors (Lipinski definition) is 1. The molecule has 1 N–H and O–H groups in total. The van der Waals surface area contributed by atoms with Crippen LogP contribution in [0.4, 0.5) is 0 Å². The van der Waals surface area contributed by atoms with Crippen molar-refractivity contribution in [1.82, 2.24) is 5.32 Å². The van der Waals surface area contributed by atoms with E-state index in [0.717, 1.165) is 12.0 Å². The zero-order valence-electron chi connectivity index (χ0n) is 7.74. The molecule has 2 rings (SSSR count). The molecule has 1 aromatic rings. The molecule has 0 aromatic heterocycles. The number of carbonyl (C=O) groups excluding carboxylic acids is 1. The van der Waals surface area contributed by atoms with Gasteiger partial charge in [-0.1, -0.05) is 30.3 Å². The number of carbonyl (C=O) groups is 1. The van der Waals surface area contributed by atoms with Crippen molar-refractivity contribution in [1.29, 1.82) is 0 Å². The van der Waals surface area contributed by atoms with Gasteiger partial charge in [0.1, 0.15) is 0 Å². The molecule has 1 amide bonds. The Morgan fingerprint density at radius 3 is 2.64 bits per heavy atom. The highest BCUT2D eigenvalue weighted by Crippen LogP contribution is 2.28. The number of rotatable bonds is 2. The maximum atomic E-state index is 11.0. The quantitative estimate of drug-likeness (QED) is 0.744. The average molecular weight is 210 g/mol. The van der Waals surface area contributed by atoms with Gasteiger partial charge in [0, 0.05) is 12.5 Å². The van der Waals surface area contributed by atoms with Crippen LogP contribution >= 0.6 is 11.6 Å². The van der Waals surface area contributed by atoms with Crippen LogP contribution in [0.25, 0.3) is 0 Å². The molecular formula is C11H12ClNO. The fourth-order valence-corrected chi connectivity index (χ4v) is 2.06. The largest absolute Gasteiger partial charge is 0.352 e. The van der Waals surface area contributed by atoms with Gasteiger partial charge >= 0.3 is 0 Å². The van der Waals surface area contributed by atoms with E-state index in [2.05, 4.69) is 5.32 Å². The minimum Gasteiger partial charge on any atom is -0.352 e. The zero-order valence-corrected chi connectivity index (χ0v) is 8.50. The molecule has 2 nitrogen and oxygen atoms in total. The Bertz CT molecular complexity index is 325. The number of hydrogen-bond donors (Lipinski definition) is 1. The molecule has 14 heavy (non-hydrogen) atoms. The van der Waals surface area contributed by atoms with Crippen LogP contribution in [0.5, 0.6) is 0 Å². The summed E-state index contributed by atoms with van der Waals surface area (Å²) >= 11 is 6.26. The van der Waals surface area contributed by atoms with E-state index >= 15 is 0 Å². The Kier molecular flexibility index (Phi) is 2.73. The van der Waals surface area contributed by atoms with Crippen molar-refractivity contribution >= 4 is 17.5 Å². The van der Waals surface area contributed by atoms with Gasteiger partial charge in [0.05, 0.1) is 5.38 Å². The van der Waals surface area contributed by atoms with Crippen LogP contribution in [0.1, 0.15) is 23.8 Å². The lowest BCUT2D eigenvalue weighted by atomic mass is 10.0. The predicted molar refractivity (Wildman–Crippen MR) is 56.2 cm³/mol. The number of alkyl halides is 1. The molecule has 3 heteroatoms. The van der Waals surface area contributed by atoms with Crippen molar-refractivity contribution in [3.05, 3.63) is 35.9 Å². The van der Waals surface area contributed by atoms with Gasteiger partial charge in [0.25, 0.3) is 0 Å². The van der Waals surface area contributed by atoms with Crippen molar-refractivity contribution in [3.8, 4) is 0 Å². The summed E-state index contributed by atoms with van der Waals surface area (Å²) in [7, 11) is 0. The van der Waals surface area contributed by atoms with Crippen molar-refractivity contribution in [2.45, 2.75) is 24.3 Å². The van der Waals surface area contributed by atoms with Crippen molar-refractivity contribution in [3.63, 3.8) is 0 Å². The maximum absolute atomic E-state index is 11.0. The topological polar surface area (TPSA) is 29.1 Å². The minimum atomic E-state index is -0.109. The van der Waals surface area contributed by atoms with E-state index in [0.29, 0.717) is 6.42 Å². The van der Waals surface area contributed by atoms with Gasteiger partial charge in [0.15, 0.2) is 0 Å². The van der Waals surface area contributed by atoms with E-state index in [4.69, 9.17) is 11.6 Å². The Hall–Kier alpha value is -1.02. The molecule has 1 saturated heterocycles. The highest BCUT2D eigenvalue weighted by atomic mass is 35.5. The van der Waals surface area contributed by atoms with Crippen LogP contribution in [0.3, 0.4) is 0 Å². The van der Waals surface area contributed by atoms with Gasteiger partial charge in [-0.25, -0.2) is 0 Å². The van der Waals surface area contributed by atoms with E-state index in [1.807, 2.05) is 30.3 Å². The third-order valence-corrected chi connectivity index (χ3v) is 3.06. The summed E-state index contributed by atoms with van der Waals surface area (Å²) < 4.78 is 0. The van der Waals surface area contributed by atoms with Crippen molar-refractivity contribution in [2.75, 3.05) is 0 Å². The second-order valence-electron chi connectivity index (χ2n) is 3.53. The van der Waals surface area contributed by atoms with E-state index in [1.165, 1.54) is 0 Å². The number of nitrogens with one attached hydrogen (secondary N) is 1. The van der Waals surface area contributed by atoms with E-state index in [9.17, 15) is 4.79 Å². The molecule has 1 aliphatic rings. The smallest absolute Gasteiger partial charge is 0.220 e. The molecule has 1 aliphatic heterocycles. The van der Waals surface area contributed by atoms with Crippen LogP contribution in [0, 0.1) is 0 Å². The van der Waals surface area contributed by atoms with Crippen LogP contribution in [-0.4, -0.2) is 11.9 Å². The first-order valence-electron chi connectivity index (χ1n) is 4.76. The zero-order chi connectivity index (χ0) is 9.97. The predicted octanol–water partition coefficient (Wildman–Crippen LogP) is 2.25. The molecule has 2 atom stereocenters. The Morgan fingerprint density at radius 2 is 2.07 bits per heavy atom. The molecular weight excluding hydrogens is 198 g/mol. The minimum absolute atomic E-state index is 0.0894. The van der Waals surface area contributed by atoms with E-state index in [1.54, 1.807) is 0 Å². The van der Waals surface area contributed by atoms with Gasteiger partial charge in [-0.15, -0.1) is 11.6 Å². The Morgan fingerprint density at radius 1 is 1.36 bits per heavy atom. The lowest BCUT2D eigenvalue weighted by Crippen LogP contribution is -2.28. The van der Waals surface area contributed by atoms with Crippen molar-refractivity contribution < 1.29 is 4.79 Å². The summed E-state index contributed by atoms with van der Waals surface area (Å²) in [5.41, 5.74) is 1.07. The molecule has 0 bridgehead atoms. The molecule has 0 aliphatic carbocycles. The summed E-state index contributed by atoms with van der Waals surface area (Å²) in [5, 5.41) is 2.77. The second-order valence-corrected chi connectivity index (χ2v) is 4.00. The monoisotopic (exact) mass is 209 g/mol. The number of halogens is 1. The lowest BCUT2D eigenvalue weighted by Gasteiger charge is -2.17. The molecule has 1 heterocycles. The summed E-state index contributed by atoms with van der Waals surface area (Å²) in [6, 6.07) is 9.94. The van der Waals surface area contributed by atoms with Crippen LogP contribution in [-0.2, 0) is 4.79 Å². The van der Waals surface area contributed by atoms with Crippen LogP contribution in [0.2, 0.25) is 0 Å². The summed E-state index contributed by atoms with van der Waals surface area (Å²) in [6.45, 7) is 0. The average Bonchev–Trinajstić information content (AvgIpc) is 2.65. The van der Waals surface area contributed by atoms with Crippen LogP contribution in [0.15, 0.2) is 30.3 Å². The van der Waals surface area contributed by atoms with Gasteiger partial charge in [-0.3, -0.25) is 4.79 Å². The SMILES string of the molecule is O=C1CC[C@@H]([C@@H](Cl)c2ccccc2)N1. The molecule has 1 fully saturated rings. The molecule has 0 unspecified atom stereocenters. The highest BCUT2D eigenvalue weighted by Gasteiger charge is 2.27. The normalized spacial score (nSPS) is 23.2. The highest BCUT2D eigenvalue weighted by molar-refractivity contribution is 6.21. The van der Waals surface area contributed by atoms with Crippen molar-refractivity contribution in [2.24, 2.45) is 0 Å². The maximum Gasteiger partial charge on any atom is 0.220 e. The van der Waals surface area contributed by atoms with E-state index < -0.39 is 0 Å². The molecule has 0 saturated carbocycles. The van der Waals surface area contributed by atoms with Crippen LogP contribution < -0.4 is 5.32 Å². The fraction of sp³-hybridized carbons (Fsp3) is 0.364. The van der Waals surface area contributed by atoms with Gasteiger partial charge in [-0.2, -0.15) is 0 Å². The standard InChI is InChI=1S/C11H12ClNO/c12-11(8-4-2-1-3-5-8)9-6-7-10(14)13-9/h1-5,9,11H,6-7H2,(H,13,14)/t9-,11-/m0/s1. The van der Waals surface area contributed by atoms with Gasteiger partial charge in [0.2, 0.25) is 5.91 Å². The van der Waals surface area contributed by atoms with Gasteiger partial charge < -0.3 is 5.32 Å². The first kappa shape index (κ1) is 9.53. The van der Waals surface area contributed by atoms with E-state index in [-0.39, 0.29) is 17.3 Å². The number of benzene rings is 1. The second kappa shape index (κ2) is 4.01. The fourth-order valence-electron chi connectivity index (χ4n) is 1.73. The van der Waals surface area contributed by atoms with Gasteiger partial charge in [-0.05, 0) is 12.0 Å². The Labute approximate surface area is 88.3 Å². The summed E-state index contributed by atoms with van der Waals surface area (Å²) in [4.78, 5) is 11.0. The number of amides is 1.